The number of fused-ring (bicyclic) bond motifs is 1. The number of benzene rings is 2. The van der Waals surface area contributed by atoms with Crippen molar-refractivity contribution in [3.8, 4) is 11.1 Å². The minimum Gasteiger partial charge on any atom is -0.346 e. The molecule has 2 aliphatic heterocycles. The van der Waals surface area contributed by atoms with E-state index in [1.807, 2.05) is 17.1 Å². The quantitative estimate of drug-likeness (QED) is 0.242. The number of aromatic nitrogens is 5. The molecule has 198 valence electrons. The number of hydrogen-bond donors (Lipinski definition) is 2. The second kappa shape index (κ2) is 9.62. The highest BCUT2D eigenvalue weighted by molar-refractivity contribution is 8.02. The van der Waals surface area contributed by atoms with E-state index in [-0.39, 0.29) is 0 Å². The molecule has 0 radical (unpaired) electrons. The number of anilines is 5. The van der Waals surface area contributed by atoms with Gasteiger partial charge in [0.1, 0.15) is 5.65 Å². The Hall–Kier alpha value is -4.02. The van der Waals surface area contributed by atoms with Crippen molar-refractivity contribution in [2.75, 3.05) is 41.1 Å². The summed E-state index contributed by atoms with van der Waals surface area (Å²) < 4.78 is 6.61. The van der Waals surface area contributed by atoms with Crippen molar-refractivity contribution in [2.24, 2.45) is 0 Å². The molecular weight excluding hydrogens is 506 g/mol. The van der Waals surface area contributed by atoms with Crippen molar-refractivity contribution < 1.29 is 0 Å². The van der Waals surface area contributed by atoms with Crippen molar-refractivity contribution in [1.29, 1.82) is 0 Å². The van der Waals surface area contributed by atoms with E-state index >= 15 is 0 Å². The number of likely N-dealkylation sites (N-methyl/N-ethyl adjacent to an activating group) is 1. The highest BCUT2D eigenvalue weighted by Crippen LogP contribution is 2.53. The summed E-state index contributed by atoms with van der Waals surface area (Å²) in [6.07, 6.45) is 7.97. The molecule has 5 aromatic rings. The van der Waals surface area contributed by atoms with Gasteiger partial charge >= 0.3 is 0 Å². The number of aromatic amines is 1. The van der Waals surface area contributed by atoms with Gasteiger partial charge in [0.15, 0.2) is 5.82 Å². The van der Waals surface area contributed by atoms with Crippen molar-refractivity contribution >= 4 is 52.0 Å². The molecule has 9 nitrogen and oxygen atoms in total. The zero-order valence-electron chi connectivity index (χ0n) is 22.3. The largest absolute Gasteiger partial charge is 0.346 e. The smallest absolute Gasteiger partial charge is 0.231 e. The maximum Gasteiger partial charge on any atom is 0.231 e. The van der Waals surface area contributed by atoms with Crippen LogP contribution in [0.3, 0.4) is 0 Å². The first-order chi connectivity index (χ1) is 19.1. The molecule has 0 saturated heterocycles. The highest BCUT2D eigenvalue weighted by atomic mass is 32.2. The van der Waals surface area contributed by atoms with Gasteiger partial charge in [-0.15, -0.1) is 0 Å². The summed E-state index contributed by atoms with van der Waals surface area (Å²) in [5.74, 6) is 1.46. The van der Waals surface area contributed by atoms with Crippen LogP contribution in [0.4, 0.5) is 28.8 Å². The lowest BCUT2D eigenvalue weighted by Gasteiger charge is -2.19. The standard InChI is InChI=1S/C29H31N9S/c1-4-19-16-21(22-17-31-36(18-22)15-14-35(2)3)8-9-24(19)32-29-33-27-23(10-12-30-27)28(34-29)38-25-7-5-6-20-11-13-37(39-38)26(20)25/h5-10,12,16-18H,4,11,13-15H2,1-3H3,(H2,30,32,33,34). The van der Waals surface area contributed by atoms with E-state index in [0.717, 1.165) is 66.1 Å². The monoisotopic (exact) mass is 537 g/mol. The number of para-hydroxylation sites is 1. The molecule has 0 atom stereocenters. The number of aryl methyl sites for hydroxylation is 1. The number of hydrogen-bond acceptors (Lipinski definition) is 8. The molecule has 5 heterocycles. The highest BCUT2D eigenvalue weighted by Gasteiger charge is 2.36. The molecule has 2 aromatic carbocycles. The van der Waals surface area contributed by atoms with Gasteiger partial charge in [0, 0.05) is 36.7 Å². The first kappa shape index (κ1) is 24.1. The number of nitrogens with one attached hydrogen (secondary N) is 2. The predicted molar refractivity (Wildman–Crippen MR) is 160 cm³/mol. The van der Waals surface area contributed by atoms with Crippen molar-refractivity contribution in [3.05, 3.63) is 72.2 Å². The summed E-state index contributed by atoms with van der Waals surface area (Å²) in [7, 11) is 4.16. The minimum absolute atomic E-state index is 0.577. The summed E-state index contributed by atoms with van der Waals surface area (Å²) in [6, 6.07) is 15.1. The Morgan fingerprint density at radius 3 is 2.90 bits per heavy atom. The summed E-state index contributed by atoms with van der Waals surface area (Å²) in [4.78, 5) is 15.3. The molecule has 7 rings (SSSR count). The Balaban J connectivity index is 1.20. The van der Waals surface area contributed by atoms with E-state index < -0.39 is 0 Å². The van der Waals surface area contributed by atoms with Crippen molar-refractivity contribution in [3.63, 3.8) is 0 Å². The van der Waals surface area contributed by atoms with Crippen LogP contribution >= 0.6 is 12.1 Å². The second-order valence-corrected chi connectivity index (χ2v) is 11.2. The predicted octanol–water partition coefficient (Wildman–Crippen LogP) is 5.77. The Labute approximate surface area is 232 Å². The molecule has 39 heavy (non-hydrogen) atoms. The van der Waals surface area contributed by atoms with Crippen LogP contribution in [0.2, 0.25) is 0 Å². The van der Waals surface area contributed by atoms with Gasteiger partial charge < -0.3 is 15.2 Å². The fraction of sp³-hybridized carbons (Fsp3) is 0.276. The zero-order valence-corrected chi connectivity index (χ0v) is 23.2. The van der Waals surface area contributed by atoms with Gasteiger partial charge in [-0.1, -0.05) is 25.1 Å². The third-order valence-corrected chi connectivity index (χ3v) is 8.49. The lowest BCUT2D eigenvalue weighted by molar-refractivity contribution is 0.373. The van der Waals surface area contributed by atoms with E-state index in [9.17, 15) is 0 Å². The van der Waals surface area contributed by atoms with E-state index in [1.165, 1.54) is 22.5 Å². The third kappa shape index (κ3) is 4.29. The normalized spacial score (nSPS) is 14.2. The second-order valence-electron chi connectivity index (χ2n) is 10.3. The summed E-state index contributed by atoms with van der Waals surface area (Å²) in [6.45, 7) is 5.01. The topological polar surface area (TPSA) is 81.1 Å². The average Bonchev–Trinajstić information content (AvgIpc) is 3.74. The maximum absolute atomic E-state index is 5.05. The van der Waals surface area contributed by atoms with Crippen LogP contribution in [0.5, 0.6) is 0 Å². The van der Waals surface area contributed by atoms with Gasteiger partial charge in [-0.3, -0.25) is 8.99 Å². The Morgan fingerprint density at radius 2 is 2.03 bits per heavy atom. The molecule has 2 aliphatic rings. The lowest BCUT2D eigenvalue weighted by Crippen LogP contribution is -2.18. The molecule has 0 amide bonds. The minimum atomic E-state index is 0.577. The van der Waals surface area contributed by atoms with Gasteiger partial charge in [0.05, 0.1) is 41.6 Å². The molecule has 0 unspecified atom stereocenters. The lowest BCUT2D eigenvalue weighted by atomic mass is 10.0. The van der Waals surface area contributed by atoms with Gasteiger partial charge in [-0.05, 0) is 67.9 Å². The van der Waals surface area contributed by atoms with Crippen LogP contribution in [0, 0.1) is 0 Å². The number of H-pyrrole nitrogens is 1. The molecule has 0 bridgehead atoms. The van der Waals surface area contributed by atoms with Crippen molar-refractivity contribution in [2.45, 2.75) is 26.3 Å². The Morgan fingerprint density at radius 1 is 1.10 bits per heavy atom. The van der Waals surface area contributed by atoms with Crippen molar-refractivity contribution in [1.82, 2.24) is 29.6 Å². The fourth-order valence-corrected chi connectivity index (χ4v) is 6.44. The molecule has 0 spiro atoms. The molecule has 0 aliphatic carbocycles. The van der Waals surface area contributed by atoms with Gasteiger partial charge in [-0.2, -0.15) is 15.1 Å². The van der Waals surface area contributed by atoms with E-state index in [2.05, 4.69) is 98.6 Å². The van der Waals surface area contributed by atoms with E-state index in [4.69, 9.17) is 9.97 Å². The number of rotatable bonds is 8. The van der Waals surface area contributed by atoms with Crippen LogP contribution in [-0.4, -0.2) is 56.8 Å². The Bertz CT molecular complexity index is 1670. The van der Waals surface area contributed by atoms with Gasteiger partial charge in [0.2, 0.25) is 5.95 Å². The van der Waals surface area contributed by atoms with Crippen LogP contribution in [0.25, 0.3) is 22.2 Å². The van der Waals surface area contributed by atoms with Crippen LogP contribution in [-0.2, 0) is 19.4 Å². The van der Waals surface area contributed by atoms with E-state index in [0.29, 0.717) is 5.95 Å². The first-order valence-electron chi connectivity index (χ1n) is 13.4. The first-order valence-corrected chi connectivity index (χ1v) is 14.1. The molecule has 2 N–H and O–H groups in total. The Kier molecular flexibility index (Phi) is 5.93. The third-order valence-electron chi connectivity index (χ3n) is 7.39. The molecular formula is C29H31N9S. The molecule has 0 fully saturated rings. The average molecular weight is 538 g/mol. The molecule has 10 heteroatoms. The summed E-state index contributed by atoms with van der Waals surface area (Å²) in [5, 5.41) is 9.09. The fourth-order valence-electron chi connectivity index (χ4n) is 5.32. The van der Waals surface area contributed by atoms with Gasteiger partial charge in [-0.25, -0.2) is 4.31 Å². The SMILES string of the molecule is CCc1cc(-c2cnn(CCN(C)C)c2)ccc1Nc1nc(N2SN3CCc4cccc2c43)c2cc[nH]c2n1. The van der Waals surface area contributed by atoms with E-state index in [1.54, 1.807) is 12.1 Å². The van der Waals surface area contributed by atoms with Crippen LogP contribution in [0.1, 0.15) is 18.1 Å². The summed E-state index contributed by atoms with van der Waals surface area (Å²) in [5.41, 5.74) is 9.21. The van der Waals surface area contributed by atoms with Crippen LogP contribution in [0.15, 0.2) is 61.1 Å². The maximum atomic E-state index is 5.05. The number of nitrogens with zero attached hydrogens (tertiary/aromatic N) is 7. The zero-order chi connectivity index (χ0) is 26.5. The molecule has 3 aromatic heterocycles. The summed E-state index contributed by atoms with van der Waals surface area (Å²) >= 11 is 1.72. The van der Waals surface area contributed by atoms with Crippen LogP contribution < -0.4 is 13.9 Å². The van der Waals surface area contributed by atoms with Gasteiger partial charge in [0.25, 0.3) is 0 Å². The molecule has 0 saturated carbocycles.